The highest BCUT2D eigenvalue weighted by molar-refractivity contribution is 5.42. The highest BCUT2D eigenvalue weighted by atomic mass is 16.6. The Labute approximate surface area is 83.1 Å². The maximum Gasteiger partial charge on any atom is 0.113 e. The fourth-order valence-electron chi connectivity index (χ4n) is 2.50. The van der Waals surface area contributed by atoms with Crippen molar-refractivity contribution in [3.63, 3.8) is 0 Å². The summed E-state index contributed by atoms with van der Waals surface area (Å²) in [6, 6.07) is 10.6. The zero-order valence-electron chi connectivity index (χ0n) is 7.86. The van der Waals surface area contributed by atoms with Crippen molar-refractivity contribution in [2.75, 3.05) is 0 Å². The largest absolute Gasteiger partial charge is 0.361 e. The van der Waals surface area contributed by atoms with E-state index in [9.17, 15) is 0 Å². The number of nitrogens with zero attached hydrogens (tertiary/aromatic N) is 1. The van der Waals surface area contributed by atoms with Gasteiger partial charge in [0.2, 0.25) is 0 Å². The second-order valence-corrected chi connectivity index (χ2v) is 4.10. The van der Waals surface area contributed by atoms with E-state index in [1.165, 1.54) is 11.1 Å². The Bertz CT molecular complexity index is 421. The molecule has 1 aromatic rings. The van der Waals surface area contributed by atoms with Crippen LogP contribution in [0.25, 0.3) is 0 Å². The van der Waals surface area contributed by atoms with Gasteiger partial charge in [-0.3, -0.25) is 0 Å². The third kappa shape index (κ3) is 0.935. The van der Waals surface area contributed by atoms with Crippen LogP contribution in [0.5, 0.6) is 0 Å². The van der Waals surface area contributed by atoms with E-state index in [0.717, 1.165) is 12.8 Å². The van der Waals surface area contributed by atoms with Gasteiger partial charge in [-0.15, -0.1) is 0 Å². The highest BCUT2D eigenvalue weighted by Crippen LogP contribution is 2.60. The minimum absolute atomic E-state index is 0.000579. The lowest BCUT2D eigenvalue weighted by Crippen LogP contribution is -2.10. The van der Waals surface area contributed by atoms with E-state index in [2.05, 4.69) is 30.3 Å². The predicted octanol–water partition coefficient (Wildman–Crippen LogP) is 2.36. The average molecular weight is 185 g/mol. The summed E-state index contributed by atoms with van der Waals surface area (Å²) in [6.45, 7) is 0. The first kappa shape index (κ1) is 8.02. The van der Waals surface area contributed by atoms with Crippen LogP contribution in [0.15, 0.2) is 24.3 Å². The number of hydrogen-bond donors (Lipinski definition) is 0. The van der Waals surface area contributed by atoms with Crippen LogP contribution in [0, 0.1) is 11.3 Å². The van der Waals surface area contributed by atoms with Crippen LogP contribution in [0.2, 0.25) is 0 Å². The first-order valence-electron chi connectivity index (χ1n) is 4.98. The van der Waals surface area contributed by atoms with E-state index in [-0.39, 0.29) is 11.7 Å². The molecule has 1 aliphatic heterocycles. The summed E-state index contributed by atoms with van der Waals surface area (Å²) in [5.74, 6) is 0. The van der Waals surface area contributed by atoms with Crippen molar-refractivity contribution in [1.82, 2.24) is 0 Å². The molecule has 2 aliphatic rings. The van der Waals surface area contributed by atoms with Crippen molar-refractivity contribution in [3.05, 3.63) is 35.4 Å². The van der Waals surface area contributed by atoms with Crippen LogP contribution in [0.4, 0.5) is 0 Å². The van der Waals surface area contributed by atoms with Gasteiger partial charge in [0.05, 0.1) is 6.07 Å². The molecule has 14 heavy (non-hydrogen) atoms. The van der Waals surface area contributed by atoms with Gasteiger partial charge in [-0.2, -0.15) is 5.26 Å². The number of benzene rings is 1. The summed E-state index contributed by atoms with van der Waals surface area (Å²) in [5, 5.41) is 8.57. The van der Waals surface area contributed by atoms with E-state index in [1.54, 1.807) is 0 Å². The number of rotatable bonds is 2. The number of epoxide rings is 1. The number of nitriles is 1. The standard InChI is InChI=1S/C12H11NO/c13-7-3-6-12-8-9-4-1-2-5-10(9)11(12)14-12/h1-2,4-5,11H,3,6,8H2/t11-,12+/m1/s1. The van der Waals surface area contributed by atoms with Gasteiger partial charge in [0.15, 0.2) is 0 Å². The van der Waals surface area contributed by atoms with Crippen LogP contribution < -0.4 is 0 Å². The van der Waals surface area contributed by atoms with Gasteiger partial charge in [-0.25, -0.2) is 0 Å². The van der Waals surface area contributed by atoms with Crippen molar-refractivity contribution in [2.24, 2.45) is 0 Å². The summed E-state index contributed by atoms with van der Waals surface area (Å²) in [5.41, 5.74) is 2.74. The molecule has 0 saturated carbocycles. The molecule has 0 spiro atoms. The maximum atomic E-state index is 8.57. The monoisotopic (exact) mass is 185 g/mol. The Hall–Kier alpha value is -1.33. The van der Waals surface area contributed by atoms with Crippen molar-refractivity contribution < 1.29 is 4.74 Å². The van der Waals surface area contributed by atoms with Gasteiger partial charge in [0.25, 0.3) is 0 Å². The molecule has 70 valence electrons. The van der Waals surface area contributed by atoms with Crippen molar-refractivity contribution >= 4 is 0 Å². The molecule has 1 aliphatic carbocycles. The summed E-state index contributed by atoms with van der Waals surface area (Å²) < 4.78 is 5.72. The normalized spacial score (nSPS) is 31.8. The molecular weight excluding hydrogens is 174 g/mol. The third-order valence-corrected chi connectivity index (χ3v) is 3.26. The summed E-state index contributed by atoms with van der Waals surface area (Å²) in [6.07, 6.45) is 2.76. The van der Waals surface area contributed by atoms with Gasteiger partial charge < -0.3 is 4.74 Å². The molecule has 0 aromatic heterocycles. The molecule has 1 aromatic carbocycles. The molecule has 0 amide bonds. The van der Waals surface area contributed by atoms with Crippen LogP contribution >= 0.6 is 0 Å². The Balaban J connectivity index is 1.87. The van der Waals surface area contributed by atoms with Crippen LogP contribution in [0.1, 0.15) is 30.1 Å². The fraction of sp³-hybridized carbons (Fsp3) is 0.417. The molecule has 0 N–H and O–H groups in total. The van der Waals surface area contributed by atoms with Crippen LogP contribution in [-0.2, 0) is 11.2 Å². The molecule has 1 fully saturated rings. The minimum atomic E-state index is -0.000579. The van der Waals surface area contributed by atoms with E-state index >= 15 is 0 Å². The van der Waals surface area contributed by atoms with Gasteiger partial charge >= 0.3 is 0 Å². The maximum absolute atomic E-state index is 8.57. The lowest BCUT2D eigenvalue weighted by Gasteiger charge is -2.05. The second-order valence-electron chi connectivity index (χ2n) is 4.10. The van der Waals surface area contributed by atoms with Crippen LogP contribution in [0.3, 0.4) is 0 Å². The molecule has 0 unspecified atom stereocenters. The zero-order chi connectivity index (χ0) is 9.60. The first-order valence-corrected chi connectivity index (χ1v) is 4.98. The topological polar surface area (TPSA) is 36.3 Å². The Morgan fingerprint density at radius 3 is 3.14 bits per heavy atom. The van der Waals surface area contributed by atoms with Crippen molar-refractivity contribution in [1.29, 1.82) is 5.26 Å². The molecule has 1 saturated heterocycles. The Morgan fingerprint density at radius 1 is 1.50 bits per heavy atom. The highest BCUT2D eigenvalue weighted by Gasteiger charge is 2.61. The van der Waals surface area contributed by atoms with E-state index < -0.39 is 0 Å². The van der Waals surface area contributed by atoms with Gasteiger partial charge in [-0.05, 0) is 17.5 Å². The molecule has 2 heteroatoms. The van der Waals surface area contributed by atoms with Gasteiger partial charge in [0, 0.05) is 12.8 Å². The predicted molar refractivity (Wildman–Crippen MR) is 51.6 cm³/mol. The quantitative estimate of drug-likeness (QED) is 0.663. The van der Waals surface area contributed by atoms with Gasteiger partial charge in [0.1, 0.15) is 11.7 Å². The third-order valence-electron chi connectivity index (χ3n) is 3.26. The molecule has 1 heterocycles. The van der Waals surface area contributed by atoms with E-state index in [4.69, 9.17) is 10.00 Å². The lowest BCUT2D eigenvalue weighted by atomic mass is 10.00. The van der Waals surface area contributed by atoms with Crippen molar-refractivity contribution in [3.8, 4) is 6.07 Å². The lowest BCUT2D eigenvalue weighted by molar-refractivity contribution is 0.272. The van der Waals surface area contributed by atoms with Gasteiger partial charge in [-0.1, -0.05) is 24.3 Å². The minimum Gasteiger partial charge on any atom is -0.361 e. The molecular formula is C12H11NO. The Morgan fingerprint density at radius 2 is 2.36 bits per heavy atom. The SMILES string of the molecule is N#CCC[C@]12Cc3ccccc3[C@H]1O2. The number of ether oxygens (including phenoxy) is 1. The summed E-state index contributed by atoms with van der Waals surface area (Å²) in [4.78, 5) is 0. The summed E-state index contributed by atoms with van der Waals surface area (Å²) >= 11 is 0. The molecule has 2 atom stereocenters. The van der Waals surface area contributed by atoms with E-state index in [1.807, 2.05) is 0 Å². The number of hydrogen-bond acceptors (Lipinski definition) is 2. The molecule has 0 bridgehead atoms. The van der Waals surface area contributed by atoms with Crippen LogP contribution in [-0.4, -0.2) is 5.60 Å². The average Bonchev–Trinajstić information content (AvgIpc) is 2.84. The molecule has 3 rings (SSSR count). The smallest absolute Gasteiger partial charge is 0.113 e. The number of fused-ring (bicyclic) bond motifs is 3. The van der Waals surface area contributed by atoms with E-state index in [0.29, 0.717) is 6.42 Å². The second kappa shape index (κ2) is 2.59. The first-order chi connectivity index (χ1) is 6.86. The Kier molecular flexibility index (Phi) is 1.48. The summed E-state index contributed by atoms with van der Waals surface area (Å²) in [7, 11) is 0. The van der Waals surface area contributed by atoms with Crippen molar-refractivity contribution in [2.45, 2.75) is 31.0 Å². The fourth-order valence-corrected chi connectivity index (χ4v) is 2.50. The molecule has 0 radical (unpaired) electrons. The zero-order valence-corrected chi connectivity index (χ0v) is 7.86. The molecule has 2 nitrogen and oxygen atoms in total.